The highest BCUT2D eigenvalue weighted by Crippen LogP contribution is 2.35. The van der Waals surface area contributed by atoms with E-state index >= 15 is 0 Å². The van der Waals surface area contributed by atoms with Crippen molar-refractivity contribution in [2.45, 2.75) is 25.8 Å². The zero-order valence-electron chi connectivity index (χ0n) is 10.9. The van der Waals surface area contributed by atoms with Crippen LogP contribution in [-0.4, -0.2) is 16.5 Å². The Balaban J connectivity index is 1.93. The maximum absolute atomic E-state index is 4.56. The van der Waals surface area contributed by atoms with E-state index in [0.717, 1.165) is 16.8 Å². The van der Waals surface area contributed by atoms with Gasteiger partial charge in [-0.15, -0.1) is 0 Å². The Labute approximate surface area is 121 Å². The van der Waals surface area contributed by atoms with Crippen LogP contribution in [0.5, 0.6) is 0 Å². The van der Waals surface area contributed by atoms with E-state index < -0.39 is 0 Å². The van der Waals surface area contributed by atoms with Crippen LogP contribution in [0.4, 0.5) is 5.82 Å². The fraction of sp³-hybridized carbons (Fsp3) is 0.333. The first-order valence-corrected chi connectivity index (χ1v) is 7.34. The summed E-state index contributed by atoms with van der Waals surface area (Å²) < 4.78 is 1.06. The van der Waals surface area contributed by atoms with Gasteiger partial charge in [0.1, 0.15) is 5.82 Å². The van der Waals surface area contributed by atoms with Crippen molar-refractivity contribution in [3.05, 3.63) is 52.4 Å². The average molecular weight is 318 g/mol. The van der Waals surface area contributed by atoms with Crippen LogP contribution >= 0.6 is 15.9 Å². The van der Waals surface area contributed by atoms with E-state index in [1.54, 1.807) is 0 Å². The van der Waals surface area contributed by atoms with Crippen molar-refractivity contribution in [1.82, 2.24) is 9.97 Å². The van der Waals surface area contributed by atoms with Crippen LogP contribution in [-0.2, 0) is 0 Å². The summed E-state index contributed by atoms with van der Waals surface area (Å²) in [5.74, 6) is 1.06. The maximum Gasteiger partial charge on any atom is 0.129 e. The first-order valence-electron chi connectivity index (χ1n) is 6.54. The van der Waals surface area contributed by atoms with Gasteiger partial charge in [-0.1, -0.05) is 6.07 Å². The Morgan fingerprint density at radius 2 is 2.26 bits per heavy atom. The molecule has 0 aliphatic carbocycles. The second-order valence-corrected chi connectivity index (χ2v) is 5.78. The molecule has 0 radical (unpaired) electrons. The minimum atomic E-state index is 0.404. The van der Waals surface area contributed by atoms with Gasteiger partial charge in [0.2, 0.25) is 0 Å². The molecule has 2 aromatic rings. The van der Waals surface area contributed by atoms with E-state index in [1.807, 2.05) is 24.7 Å². The minimum Gasteiger partial charge on any atom is -0.350 e. The fourth-order valence-electron chi connectivity index (χ4n) is 2.64. The summed E-state index contributed by atoms with van der Waals surface area (Å²) in [5.41, 5.74) is 2.50. The molecule has 0 N–H and O–H groups in total. The third-order valence-corrected chi connectivity index (χ3v) is 4.48. The summed E-state index contributed by atoms with van der Waals surface area (Å²) in [4.78, 5) is 11.2. The first kappa shape index (κ1) is 12.6. The molecule has 1 fully saturated rings. The lowest BCUT2D eigenvalue weighted by molar-refractivity contribution is 0.707. The third-order valence-electron chi connectivity index (χ3n) is 3.65. The molecule has 1 saturated heterocycles. The van der Waals surface area contributed by atoms with Gasteiger partial charge >= 0.3 is 0 Å². The molecule has 1 aliphatic rings. The van der Waals surface area contributed by atoms with Crippen molar-refractivity contribution in [2.24, 2.45) is 0 Å². The summed E-state index contributed by atoms with van der Waals surface area (Å²) >= 11 is 3.51. The summed E-state index contributed by atoms with van der Waals surface area (Å²) in [6, 6.07) is 6.72. The molecule has 2 aromatic heterocycles. The van der Waals surface area contributed by atoms with Gasteiger partial charge in [-0.3, -0.25) is 4.98 Å². The number of aryl methyl sites for hydroxylation is 1. The average Bonchev–Trinajstić information content (AvgIpc) is 2.92. The predicted molar refractivity (Wildman–Crippen MR) is 80.2 cm³/mol. The highest BCUT2D eigenvalue weighted by atomic mass is 79.9. The molecule has 19 heavy (non-hydrogen) atoms. The summed E-state index contributed by atoms with van der Waals surface area (Å²) in [7, 11) is 0. The zero-order valence-corrected chi connectivity index (χ0v) is 12.5. The topological polar surface area (TPSA) is 29.0 Å². The van der Waals surface area contributed by atoms with Crippen molar-refractivity contribution in [1.29, 1.82) is 0 Å². The molecule has 0 bridgehead atoms. The number of hydrogen-bond acceptors (Lipinski definition) is 3. The second-order valence-electron chi connectivity index (χ2n) is 4.93. The molecule has 1 atom stereocenters. The summed E-state index contributed by atoms with van der Waals surface area (Å²) in [6.07, 6.45) is 8.06. The Morgan fingerprint density at radius 1 is 1.37 bits per heavy atom. The van der Waals surface area contributed by atoms with Gasteiger partial charge in [-0.2, -0.15) is 0 Å². The predicted octanol–water partition coefficient (Wildman–Crippen LogP) is 3.89. The quantitative estimate of drug-likeness (QED) is 0.841. The Bertz CT molecular complexity index is 571. The normalized spacial score (nSPS) is 18.8. The van der Waals surface area contributed by atoms with Gasteiger partial charge in [0, 0.05) is 29.6 Å². The molecular weight excluding hydrogens is 302 g/mol. The smallest absolute Gasteiger partial charge is 0.129 e. The van der Waals surface area contributed by atoms with Gasteiger partial charge in [0.15, 0.2) is 0 Å². The van der Waals surface area contributed by atoms with E-state index in [0.29, 0.717) is 6.04 Å². The van der Waals surface area contributed by atoms with Crippen molar-refractivity contribution in [2.75, 3.05) is 11.4 Å². The van der Waals surface area contributed by atoms with Gasteiger partial charge in [-0.25, -0.2) is 4.98 Å². The molecule has 98 valence electrons. The number of nitrogens with zero attached hydrogens (tertiary/aromatic N) is 3. The highest BCUT2D eigenvalue weighted by Gasteiger charge is 2.27. The number of anilines is 1. The molecule has 3 heterocycles. The van der Waals surface area contributed by atoms with Crippen molar-refractivity contribution in [3.63, 3.8) is 0 Å². The Morgan fingerprint density at radius 3 is 3.00 bits per heavy atom. The standard InChI is InChI=1S/C15H16BrN3/c1-11-8-15(18-10-13(11)16)19-7-3-5-14(19)12-4-2-6-17-9-12/h2,4,6,8-10,14H,3,5,7H2,1H3. The van der Waals surface area contributed by atoms with Gasteiger partial charge in [0.05, 0.1) is 6.04 Å². The van der Waals surface area contributed by atoms with Gasteiger partial charge in [-0.05, 0) is 59.0 Å². The molecule has 3 rings (SSSR count). The number of aromatic nitrogens is 2. The largest absolute Gasteiger partial charge is 0.350 e. The van der Waals surface area contributed by atoms with Crippen LogP contribution in [0.3, 0.4) is 0 Å². The lowest BCUT2D eigenvalue weighted by Gasteiger charge is -2.26. The number of hydrogen-bond donors (Lipinski definition) is 0. The van der Waals surface area contributed by atoms with Crippen molar-refractivity contribution < 1.29 is 0 Å². The van der Waals surface area contributed by atoms with E-state index in [1.165, 1.54) is 24.0 Å². The highest BCUT2D eigenvalue weighted by molar-refractivity contribution is 9.10. The van der Waals surface area contributed by atoms with Crippen LogP contribution < -0.4 is 4.90 Å². The molecule has 3 nitrogen and oxygen atoms in total. The van der Waals surface area contributed by atoms with Gasteiger partial charge < -0.3 is 4.90 Å². The molecule has 1 unspecified atom stereocenters. The lowest BCUT2D eigenvalue weighted by Crippen LogP contribution is -2.23. The SMILES string of the molecule is Cc1cc(N2CCCC2c2cccnc2)ncc1Br. The second kappa shape index (κ2) is 5.29. The van der Waals surface area contributed by atoms with E-state index in [4.69, 9.17) is 0 Å². The molecule has 0 spiro atoms. The zero-order chi connectivity index (χ0) is 13.2. The Kier molecular flexibility index (Phi) is 3.51. The maximum atomic E-state index is 4.56. The van der Waals surface area contributed by atoms with E-state index in [-0.39, 0.29) is 0 Å². The number of pyridine rings is 2. The lowest BCUT2D eigenvalue weighted by atomic mass is 10.1. The Hall–Kier alpha value is -1.42. The van der Waals surface area contributed by atoms with Crippen LogP contribution in [0.1, 0.15) is 30.0 Å². The monoisotopic (exact) mass is 317 g/mol. The first-order chi connectivity index (χ1) is 9.25. The van der Waals surface area contributed by atoms with Crippen LogP contribution in [0.2, 0.25) is 0 Å². The van der Waals surface area contributed by atoms with Crippen molar-refractivity contribution in [3.8, 4) is 0 Å². The summed E-state index contributed by atoms with van der Waals surface area (Å²) in [5, 5.41) is 0. The van der Waals surface area contributed by atoms with E-state index in [9.17, 15) is 0 Å². The van der Waals surface area contributed by atoms with E-state index in [2.05, 4.69) is 49.9 Å². The molecule has 0 amide bonds. The fourth-order valence-corrected chi connectivity index (χ4v) is 2.86. The molecule has 1 aliphatic heterocycles. The van der Waals surface area contributed by atoms with Gasteiger partial charge in [0.25, 0.3) is 0 Å². The number of rotatable bonds is 2. The van der Waals surface area contributed by atoms with Crippen LogP contribution in [0.15, 0.2) is 41.3 Å². The van der Waals surface area contributed by atoms with Crippen LogP contribution in [0, 0.1) is 6.92 Å². The molecular formula is C15H16BrN3. The van der Waals surface area contributed by atoms with Crippen molar-refractivity contribution >= 4 is 21.7 Å². The number of halogens is 1. The third kappa shape index (κ3) is 2.50. The summed E-state index contributed by atoms with van der Waals surface area (Å²) in [6.45, 7) is 3.16. The molecule has 0 aromatic carbocycles. The minimum absolute atomic E-state index is 0.404. The van der Waals surface area contributed by atoms with Crippen LogP contribution in [0.25, 0.3) is 0 Å². The molecule has 4 heteroatoms. The molecule has 0 saturated carbocycles.